The van der Waals surface area contributed by atoms with Crippen molar-refractivity contribution in [3.63, 3.8) is 0 Å². The lowest BCUT2D eigenvalue weighted by Crippen LogP contribution is -2.41. The van der Waals surface area contributed by atoms with Crippen molar-refractivity contribution in [1.82, 2.24) is 0 Å². The van der Waals surface area contributed by atoms with Gasteiger partial charge in [-0.3, -0.25) is 0 Å². The van der Waals surface area contributed by atoms with Crippen LogP contribution < -0.4 is 31.8 Å². The minimum Gasteiger partial charge on any atom is -0.0622 e. The molecule has 0 spiro atoms. The quantitative estimate of drug-likeness (QED) is 0.263. The molecule has 0 aliphatic heterocycles. The molecule has 0 radical (unpaired) electrons. The Bertz CT molecular complexity index is 1240. The molecule has 0 aliphatic carbocycles. The van der Waals surface area contributed by atoms with Gasteiger partial charge < -0.3 is 0 Å². The topological polar surface area (TPSA) is 0 Å². The minimum atomic E-state index is -1.85. The second-order valence-corrected chi connectivity index (χ2v) is 14.2. The first-order valence-corrected chi connectivity index (χ1v) is 15.2. The third-order valence-corrected chi connectivity index (χ3v) is 13.6. The highest BCUT2D eigenvalue weighted by atomic mass is 31.2. The van der Waals surface area contributed by atoms with Crippen LogP contribution in [0.1, 0.15) is 6.92 Å². The van der Waals surface area contributed by atoms with Gasteiger partial charge >= 0.3 is 0 Å². The Hall–Kier alpha value is -3.04. The van der Waals surface area contributed by atoms with Crippen LogP contribution in [0.4, 0.5) is 0 Å². The molecular formula is C32H29P2+. The Morgan fingerprint density at radius 2 is 0.853 bits per heavy atom. The summed E-state index contributed by atoms with van der Waals surface area (Å²) in [6, 6.07) is 53.8. The van der Waals surface area contributed by atoms with Crippen molar-refractivity contribution in [3.05, 3.63) is 146 Å². The standard InChI is InChI=1S/C32H29P2/c1-2-34(29-21-11-5-12-22-29,30-23-13-6-14-24-30)32-26-16-15-25-31(32)33(27-17-7-3-8-18-27)28-19-9-4-10-20-28/h3-26H,2H2,1H3/q+1. The molecule has 0 amide bonds. The SMILES string of the molecule is CC[P+](c1ccccc1)(c1ccccc1)c1ccccc1P(c1ccccc1)c1ccccc1. The highest BCUT2D eigenvalue weighted by Gasteiger charge is 2.46. The first-order valence-electron chi connectivity index (χ1n) is 11.8. The summed E-state index contributed by atoms with van der Waals surface area (Å²) in [5, 5.41) is 8.67. The summed E-state index contributed by atoms with van der Waals surface area (Å²) in [5.41, 5.74) is 0. The third kappa shape index (κ3) is 4.25. The molecule has 5 aromatic rings. The third-order valence-electron chi connectivity index (χ3n) is 6.43. The molecule has 0 aliphatic rings. The number of hydrogen-bond acceptors (Lipinski definition) is 0. The van der Waals surface area contributed by atoms with Crippen molar-refractivity contribution >= 4 is 47.0 Å². The zero-order chi connectivity index (χ0) is 23.2. The summed E-state index contributed by atoms with van der Waals surface area (Å²) >= 11 is 0. The van der Waals surface area contributed by atoms with E-state index in [1.54, 1.807) is 0 Å². The Kier molecular flexibility index (Phi) is 7.01. The molecule has 0 aromatic heterocycles. The van der Waals surface area contributed by atoms with E-state index in [2.05, 4.69) is 153 Å². The molecule has 5 rings (SSSR count). The molecule has 0 saturated heterocycles. The van der Waals surface area contributed by atoms with Gasteiger partial charge in [0, 0.05) is 5.30 Å². The van der Waals surface area contributed by atoms with Crippen LogP contribution in [0.5, 0.6) is 0 Å². The predicted octanol–water partition coefficient (Wildman–Crippen LogP) is 5.76. The average molecular weight is 476 g/mol. The lowest BCUT2D eigenvalue weighted by atomic mass is 10.3. The van der Waals surface area contributed by atoms with Gasteiger partial charge in [0.2, 0.25) is 0 Å². The molecule has 0 bridgehead atoms. The molecule has 0 unspecified atom stereocenters. The van der Waals surface area contributed by atoms with E-state index in [1.165, 1.54) is 31.8 Å². The Morgan fingerprint density at radius 3 is 1.29 bits per heavy atom. The first kappa shape index (κ1) is 22.7. The lowest BCUT2D eigenvalue weighted by Gasteiger charge is -2.30. The van der Waals surface area contributed by atoms with Gasteiger partial charge in [-0.25, -0.2) is 0 Å². The van der Waals surface area contributed by atoms with E-state index in [-0.39, 0.29) is 0 Å². The first-order chi connectivity index (χ1) is 16.8. The van der Waals surface area contributed by atoms with Crippen molar-refractivity contribution in [2.45, 2.75) is 6.92 Å². The van der Waals surface area contributed by atoms with Crippen LogP contribution in [-0.2, 0) is 0 Å². The molecular weight excluding hydrogens is 446 g/mol. The molecule has 34 heavy (non-hydrogen) atoms. The second kappa shape index (κ2) is 10.5. The molecule has 5 aromatic carbocycles. The fraction of sp³-hybridized carbons (Fsp3) is 0.0625. The summed E-state index contributed by atoms with van der Waals surface area (Å²) in [4.78, 5) is 0. The van der Waals surface area contributed by atoms with Crippen LogP contribution >= 0.6 is 15.2 Å². The Labute approximate surface area is 205 Å². The lowest BCUT2D eigenvalue weighted by molar-refractivity contribution is 1.49. The Morgan fingerprint density at radius 1 is 0.471 bits per heavy atom. The van der Waals surface area contributed by atoms with Crippen LogP contribution in [0, 0.1) is 0 Å². The molecule has 0 fully saturated rings. The predicted molar refractivity (Wildman–Crippen MR) is 154 cm³/mol. The molecule has 0 saturated carbocycles. The Balaban J connectivity index is 1.83. The van der Waals surface area contributed by atoms with Gasteiger partial charge in [-0.15, -0.1) is 0 Å². The minimum absolute atomic E-state index is 0.690. The van der Waals surface area contributed by atoms with E-state index in [4.69, 9.17) is 0 Å². The van der Waals surface area contributed by atoms with Crippen LogP contribution in [0.3, 0.4) is 0 Å². The van der Waals surface area contributed by atoms with E-state index >= 15 is 0 Å². The largest absolute Gasteiger partial charge is 0.113 e. The van der Waals surface area contributed by atoms with E-state index in [9.17, 15) is 0 Å². The molecule has 166 valence electrons. The van der Waals surface area contributed by atoms with Crippen molar-refractivity contribution in [1.29, 1.82) is 0 Å². The smallest absolute Gasteiger partial charge is 0.0622 e. The van der Waals surface area contributed by atoms with Gasteiger partial charge in [-0.05, 0) is 61.9 Å². The summed E-state index contributed by atoms with van der Waals surface area (Å²) in [6.45, 7) is 2.37. The fourth-order valence-electron chi connectivity index (χ4n) is 4.89. The maximum atomic E-state index is 2.41. The normalized spacial score (nSPS) is 11.5. The van der Waals surface area contributed by atoms with E-state index in [1.807, 2.05) is 0 Å². The van der Waals surface area contributed by atoms with E-state index < -0.39 is 15.2 Å². The molecule has 0 nitrogen and oxygen atoms in total. The molecule has 0 atom stereocenters. The monoisotopic (exact) mass is 475 g/mol. The van der Waals surface area contributed by atoms with Gasteiger partial charge in [0.1, 0.15) is 23.2 Å². The highest BCUT2D eigenvalue weighted by molar-refractivity contribution is 7.97. The van der Waals surface area contributed by atoms with Gasteiger partial charge in [0.05, 0.1) is 6.16 Å². The van der Waals surface area contributed by atoms with Crippen LogP contribution in [0.25, 0.3) is 0 Å². The zero-order valence-corrected chi connectivity index (χ0v) is 21.2. The van der Waals surface area contributed by atoms with Crippen LogP contribution in [-0.4, -0.2) is 6.16 Å². The van der Waals surface area contributed by atoms with Gasteiger partial charge in [-0.1, -0.05) is 109 Å². The maximum Gasteiger partial charge on any atom is 0.113 e. The molecule has 2 heteroatoms. The summed E-state index contributed by atoms with van der Waals surface area (Å²) < 4.78 is 0. The molecule has 0 heterocycles. The van der Waals surface area contributed by atoms with Crippen molar-refractivity contribution < 1.29 is 0 Å². The fourth-order valence-corrected chi connectivity index (χ4v) is 12.1. The maximum absolute atomic E-state index is 2.41. The number of hydrogen-bond donors (Lipinski definition) is 0. The van der Waals surface area contributed by atoms with Gasteiger partial charge in [0.25, 0.3) is 0 Å². The zero-order valence-electron chi connectivity index (χ0n) is 19.5. The van der Waals surface area contributed by atoms with Crippen molar-refractivity contribution in [2.75, 3.05) is 6.16 Å². The summed E-state index contributed by atoms with van der Waals surface area (Å²) in [5.74, 6) is 0. The summed E-state index contributed by atoms with van der Waals surface area (Å²) in [6.07, 6.45) is 1.09. The number of rotatable bonds is 7. The average Bonchev–Trinajstić information content (AvgIpc) is 2.93. The van der Waals surface area contributed by atoms with E-state index in [0.29, 0.717) is 0 Å². The van der Waals surface area contributed by atoms with Crippen LogP contribution in [0.15, 0.2) is 146 Å². The van der Waals surface area contributed by atoms with Crippen molar-refractivity contribution in [2.24, 2.45) is 0 Å². The molecule has 0 N–H and O–H groups in total. The summed E-state index contributed by atoms with van der Waals surface area (Å²) in [7, 11) is -2.54. The van der Waals surface area contributed by atoms with Crippen molar-refractivity contribution in [3.8, 4) is 0 Å². The van der Waals surface area contributed by atoms with E-state index in [0.717, 1.165) is 6.16 Å². The highest BCUT2D eigenvalue weighted by Crippen LogP contribution is 2.55. The second-order valence-electron chi connectivity index (χ2n) is 8.29. The van der Waals surface area contributed by atoms with Gasteiger partial charge in [0.15, 0.2) is 0 Å². The van der Waals surface area contributed by atoms with Gasteiger partial charge in [-0.2, -0.15) is 0 Å². The van der Waals surface area contributed by atoms with Crippen LogP contribution in [0.2, 0.25) is 0 Å². The number of benzene rings is 5.